The summed E-state index contributed by atoms with van der Waals surface area (Å²) in [5.74, 6) is 0.385. The van der Waals surface area contributed by atoms with Crippen LogP contribution in [-0.2, 0) is 9.47 Å². The molecular formula is C18H21N3O3. The molecule has 0 atom stereocenters. The van der Waals surface area contributed by atoms with Crippen LogP contribution in [0.25, 0.3) is 10.9 Å². The third kappa shape index (κ3) is 3.07. The molecule has 0 unspecified atom stereocenters. The Bertz CT molecular complexity index is 717. The smallest absolute Gasteiger partial charge is 0.321 e. The van der Waals surface area contributed by atoms with Crippen LogP contribution in [0.4, 0.5) is 10.5 Å². The summed E-state index contributed by atoms with van der Waals surface area (Å²) in [5.41, 5.74) is 1.57. The monoisotopic (exact) mass is 327 g/mol. The van der Waals surface area contributed by atoms with Gasteiger partial charge in [0.25, 0.3) is 0 Å². The Morgan fingerprint density at radius 2 is 1.88 bits per heavy atom. The van der Waals surface area contributed by atoms with Crippen LogP contribution in [0.15, 0.2) is 36.5 Å². The number of hydrogen-bond acceptors (Lipinski definition) is 4. The van der Waals surface area contributed by atoms with E-state index in [1.54, 1.807) is 6.20 Å². The van der Waals surface area contributed by atoms with Crippen LogP contribution in [0.3, 0.4) is 0 Å². The van der Waals surface area contributed by atoms with Gasteiger partial charge in [0.2, 0.25) is 0 Å². The van der Waals surface area contributed by atoms with Gasteiger partial charge in [0.05, 0.1) is 24.4 Å². The van der Waals surface area contributed by atoms with E-state index in [-0.39, 0.29) is 12.3 Å². The van der Waals surface area contributed by atoms with E-state index >= 15 is 0 Å². The molecule has 2 aromatic rings. The second-order valence-corrected chi connectivity index (χ2v) is 6.25. The molecule has 1 aromatic carbocycles. The maximum Gasteiger partial charge on any atom is 0.321 e. The van der Waals surface area contributed by atoms with Crippen molar-refractivity contribution in [3.63, 3.8) is 0 Å². The maximum absolute atomic E-state index is 12.6. The number of fused-ring (bicyclic) bond motifs is 1. The van der Waals surface area contributed by atoms with Crippen LogP contribution >= 0.6 is 0 Å². The zero-order valence-electron chi connectivity index (χ0n) is 13.5. The molecule has 2 aliphatic heterocycles. The molecule has 24 heavy (non-hydrogen) atoms. The predicted octanol–water partition coefficient (Wildman–Crippen LogP) is 2.85. The zero-order chi connectivity index (χ0) is 16.4. The van der Waals surface area contributed by atoms with Gasteiger partial charge in [0.15, 0.2) is 6.29 Å². The van der Waals surface area contributed by atoms with Gasteiger partial charge < -0.3 is 19.7 Å². The summed E-state index contributed by atoms with van der Waals surface area (Å²) in [6.45, 7) is 2.80. The van der Waals surface area contributed by atoms with Crippen molar-refractivity contribution in [3.8, 4) is 0 Å². The highest BCUT2D eigenvalue weighted by atomic mass is 16.7. The van der Waals surface area contributed by atoms with Gasteiger partial charge in [-0.2, -0.15) is 0 Å². The first-order valence-electron chi connectivity index (χ1n) is 8.44. The Hall–Kier alpha value is -2.18. The number of carbonyl (C=O) groups excluding carboxylic acids is 1. The lowest BCUT2D eigenvalue weighted by Crippen LogP contribution is -2.43. The van der Waals surface area contributed by atoms with Gasteiger partial charge in [-0.25, -0.2) is 4.79 Å². The summed E-state index contributed by atoms with van der Waals surface area (Å²) in [6, 6.07) is 9.63. The van der Waals surface area contributed by atoms with Gasteiger partial charge in [-0.3, -0.25) is 4.98 Å². The summed E-state index contributed by atoms with van der Waals surface area (Å²) < 4.78 is 11.2. The molecule has 0 spiro atoms. The van der Waals surface area contributed by atoms with Gasteiger partial charge in [-0.15, -0.1) is 0 Å². The summed E-state index contributed by atoms with van der Waals surface area (Å²) in [5, 5.41) is 4.02. The number of aromatic nitrogens is 1. The fourth-order valence-electron chi connectivity index (χ4n) is 3.42. The first-order chi connectivity index (χ1) is 11.8. The Kier molecular flexibility index (Phi) is 4.32. The summed E-state index contributed by atoms with van der Waals surface area (Å²) in [6.07, 6.45) is 3.47. The number of piperidine rings is 1. The highest BCUT2D eigenvalue weighted by molar-refractivity contribution is 5.99. The normalized spacial score (nSPS) is 19.8. The Balaban J connectivity index is 1.39. The van der Waals surface area contributed by atoms with Gasteiger partial charge in [-0.1, -0.05) is 18.2 Å². The SMILES string of the molecule is O=C(Nc1cccc2cccnc12)N1CCC(C2OCCO2)CC1. The van der Waals surface area contributed by atoms with Crippen molar-refractivity contribution in [2.24, 2.45) is 5.92 Å². The van der Waals surface area contributed by atoms with Gasteiger partial charge >= 0.3 is 6.03 Å². The molecule has 1 N–H and O–H groups in total. The van der Waals surface area contributed by atoms with E-state index in [1.165, 1.54) is 0 Å². The molecule has 6 nitrogen and oxygen atoms in total. The number of amides is 2. The zero-order valence-corrected chi connectivity index (χ0v) is 13.5. The van der Waals surface area contributed by atoms with Crippen molar-refractivity contribution < 1.29 is 14.3 Å². The Labute approximate surface area is 140 Å². The fourth-order valence-corrected chi connectivity index (χ4v) is 3.42. The molecule has 6 heteroatoms. The minimum absolute atomic E-state index is 0.0696. The average molecular weight is 327 g/mol. The van der Waals surface area contributed by atoms with Crippen LogP contribution in [-0.4, -0.2) is 48.5 Å². The number of anilines is 1. The first kappa shape index (κ1) is 15.4. The number of hydrogen-bond donors (Lipinski definition) is 1. The number of ether oxygens (including phenoxy) is 2. The summed E-state index contributed by atoms with van der Waals surface area (Å²) in [7, 11) is 0. The van der Waals surface area contributed by atoms with E-state index in [0.29, 0.717) is 19.1 Å². The second-order valence-electron chi connectivity index (χ2n) is 6.25. The number of carbonyl (C=O) groups is 1. The number of pyridine rings is 1. The first-order valence-corrected chi connectivity index (χ1v) is 8.44. The maximum atomic E-state index is 12.6. The van der Waals surface area contributed by atoms with Crippen molar-refractivity contribution in [2.75, 3.05) is 31.6 Å². The van der Waals surface area contributed by atoms with Gasteiger partial charge in [-0.05, 0) is 25.0 Å². The number of urea groups is 1. The van der Waals surface area contributed by atoms with E-state index in [1.807, 2.05) is 35.2 Å². The fraction of sp³-hybridized carbons (Fsp3) is 0.444. The van der Waals surface area contributed by atoms with Crippen LogP contribution in [0.2, 0.25) is 0 Å². The number of nitrogens with one attached hydrogen (secondary N) is 1. The lowest BCUT2D eigenvalue weighted by atomic mass is 9.96. The van der Waals surface area contributed by atoms with Crippen LogP contribution in [0.5, 0.6) is 0 Å². The minimum atomic E-state index is -0.0857. The molecule has 2 aliphatic rings. The van der Waals surface area contributed by atoms with Crippen LogP contribution < -0.4 is 5.32 Å². The van der Waals surface area contributed by atoms with Crippen molar-refractivity contribution in [2.45, 2.75) is 19.1 Å². The molecule has 2 amide bonds. The molecule has 2 saturated heterocycles. The van der Waals surface area contributed by atoms with E-state index in [2.05, 4.69) is 10.3 Å². The highest BCUT2D eigenvalue weighted by Crippen LogP contribution is 2.27. The van der Waals surface area contributed by atoms with Crippen molar-refractivity contribution in [1.82, 2.24) is 9.88 Å². The molecule has 1 aromatic heterocycles. The van der Waals surface area contributed by atoms with Crippen LogP contribution in [0, 0.1) is 5.92 Å². The van der Waals surface area contributed by atoms with Gasteiger partial charge in [0, 0.05) is 30.6 Å². The van der Waals surface area contributed by atoms with Crippen molar-refractivity contribution in [1.29, 1.82) is 0 Å². The number of benzene rings is 1. The molecule has 0 radical (unpaired) electrons. The third-order valence-corrected chi connectivity index (χ3v) is 4.73. The lowest BCUT2D eigenvalue weighted by molar-refractivity contribution is -0.0950. The predicted molar refractivity (Wildman–Crippen MR) is 90.8 cm³/mol. The number of nitrogens with zero attached hydrogens (tertiary/aromatic N) is 2. The summed E-state index contributed by atoms with van der Waals surface area (Å²) >= 11 is 0. The lowest BCUT2D eigenvalue weighted by Gasteiger charge is -2.33. The summed E-state index contributed by atoms with van der Waals surface area (Å²) in [4.78, 5) is 18.8. The molecule has 0 saturated carbocycles. The molecule has 3 heterocycles. The highest BCUT2D eigenvalue weighted by Gasteiger charge is 2.31. The number of para-hydroxylation sites is 1. The molecule has 0 bridgehead atoms. The quantitative estimate of drug-likeness (QED) is 0.921. The Morgan fingerprint density at radius 1 is 1.12 bits per heavy atom. The molecule has 4 rings (SSSR count). The molecule has 2 fully saturated rings. The van der Waals surface area contributed by atoms with Crippen LogP contribution in [0.1, 0.15) is 12.8 Å². The van der Waals surface area contributed by atoms with Crippen molar-refractivity contribution >= 4 is 22.6 Å². The minimum Gasteiger partial charge on any atom is -0.350 e. The average Bonchev–Trinajstić information content (AvgIpc) is 3.17. The molecule has 0 aliphatic carbocycles. The molecule has 126 valence electrons. The van der Waals surface area contributed by atoms with E-state index in [9.17, 15) is 4.79 Å². The second kappa shape index (κ2) is 6.75. The van der Waals surface area contributed by atoms with E-state index in [0.717, 1.165) is 42.5 Å². The van der Waals surface area contributed by atoms with Crippen molar-refractivity contribution in [3.05, 3.63) is 36.5 Å². The topological polar surface area (TPSA) is 63.7 Å². The Morgan fingerprint density at radius 3 is 2.67 bits per heavy atom. The van der Waals surface area contributed by atoms with E-state index in [4.69, 9.17) is 9.47 Å². The van der Waals surface area contributed by atoms with Gasteiger partial charge in [0.1, 0.15) is 0 Å². The van der Waals surface area contributed by atoms with E-state index < -0.39 is 0 Å². The molecular weight excluding hydrogens is 306 g/mol. The third-order valence-electron chi connectivity index (χ3n) is 4.73. The number of rotatable bonds is 2. The largest absolute Gasteiger partial charge is 0.350 e. The standard InChI is InChI=1S/C18H21N3O3/c22-18(20-15-5-1-3-13-4-2-8-19-16(13)15)21-9-6-14(7-10-21)17-23-11-12-24-17/h1-5,8,14,17H,6-7,9-12H2,(H,20,22). The number of likely N-dealkylation sites (tertiary alicyclic amines) is 1.